The van der Waals surface area contributed by atoms with Crippen molar-refractivity contribution in [2.45, 2.75) is 63.6 Å². The average Bonchev–Trinajstić information content (AvgIpc) is 3.60. The smallest absolute Gasteiger partial charge is 0.126 e. The fraction of sp³-hybridized carbons (Fsp3) is 0.583. The first-order chi connectivity index (χ1) is 15.1. The summed E-state index contributed by atoms with van der Waals surface area (Å²) < 4.78 is 5.23. The lowest BCUT2D eigenvalue weighted by molar-refractivity contribution is 0.161. The largest absolute Gasteiger partial charge is 0.384 e. The number of ether oxygens (including phenoxy) is 1. The Morgan fingerprint density at radius 3 is 2.58 bits per heavy atom. The molecule has 2 heterocycles. The molecule has 2 saturated carbocycles. The number of pyridine rings is 2. The third-order valence-electron chi connectivity index (χ3n) is 6.21. The zero-order valence-corrected chi connectivity index (χ0v) is 19.3. The number of methoxy groups -OCH3 is 1. The molecule has 2 aliphatic rings. The summed E-state index contributed by atoms with van der Waals surface area (Å²) in [4.78, 5) is 8.94. The molecule has 2 aromatic heterocycles. The van der Waals surface area contributed by atoms with Crippen molar-refractivity contribution in [3.05, 3.63) is 35.7 Å². The van der Waals surface area contributed by atoms with E-state index in [0.29, 0.717) is 23.1 Å². The summed E-state index contributed by atoms with van der Waals surface area (Å²) in [7, 11) is 1.75. The van der Waals surface area contributed by atoms with Gasteiger partial charge in [-0.25, -0.2) is 4.98 Å². The lowest BCUT2D eigenvalue weighted by atomic mass is 9.90. The molecule has 1 atom stereocenters. The number of hydrogen-bond donors (Lipinski definition) is 3. The molecule has 2 fully saturated rings. The molecule has 3 N–H and O–H groups in total. The first kappa shape index (κ1) is 22.3. The predicted molar refractivity (Wildman–Crippen MR) is 128 cm³/mol. The third kappa shape index (κ3) is 6.55. The van der Waals surface area contributed by atoms with Crippen molar-refractivity contribution in [2.24, 2.45) is 5.92 Å². The van der Waals surface area contributed by atoms with Crippen molar-refractivity contribution in [3.8, 4) is 11.1 Å². The molecule has 2 aromatic rings. The molecule has 0 aromatic carbocycles. The van der Waals surface area contributed by atoms with E-state index >= 15 is 0 Å². The summed E-state index contributed by atoms with van der Waals surface area (Å²) in [5.74, 6) is 1.69. The van der Waals surface area contributed by atoms with Crippen LogP contribution in [0.1, 0.15) is 45.4 Å². The molecule has 0 unspecified atom stereocenters. The van der Waals surface area contributed by atoms with Crippen molar-refractivity contribution in [1.82, 2.24) is 15.3 Å². The van der Waals surface area contributed by atoms with Crippen molar-refractivity contribution in [2.75, 3.05) is 30.9 Å². The lowest BCUT2D eigenvalue weighted by Crippen LogP contribution is -2.42. The molecule has 0 amide bonds. The summed E-state index contributed by atoms with van der Waals surface area (Å²) in [6.45, 7) is 3.95. The van der Waals surface area contributed by atoms with E-state index in [4.69, 9.17) is 16.3 Å². The van der Waals surface area contributed by atoms with Crippen LogP contribution in [-0.2, 0) is 4.74 Å². The highest BCUT2D eigenvalue weighted by Crippen LogP contribution is 2.32. The van der Waals surface area contributed by atoms with Crippen LogP contribution in [0.25, 0.3) is 11.1 Å². The fourth-order valence-corrected chi connectivity index (χ4v) is 4.53. The van der Waals surface area contributed by atoms with E-state index < -0.39 is 0 Å². The molecule has 0 bridgehead atoms. The molecular weight excluding hydrogens is 410 g/mol. The van der Waals surface area contributed by atoms with E-state index in [1.54, 1.807) is 13.3 Å². The minimum atomic E-state index is 0.392. The molecule has 0 radical (unpaired) electrons. The molecule has 31 heavy (non-hydrogen) atoms. The molecule has 0 aliphatic heterocycles. The van der Waals surface area contributed by atoms with Gasteiger partial charge in [-0.1, -0.05) is 11.6 Å². The molecule has 2 aliphatic carbocycles. The second-order valence-corrected chi connectivity index (χ2v) is 9.46. The van der Waals surface area contributed by atoms with Crippen LogP contribution in [0.4, 0.5) is 11.5 Å². The van der Waals surface area contributed by atoms with Crippen LogP contribution in [0, 0.1) is 5.92 Å². The van der Waals surface area contributed by atoms with Gasteiger partial charge in [-0.15, -0.1) is 0 Å². The monoisotopic (exact) mass is 443 g/mol. The van der Waals surface area contributed by atoms with Crippen LogP contribution in [0.5, 0.6) is 0 Å². The first-order valence-electron chi connectivity index (χ1n) is 11.5. The van der Waals surface area contributed by atoms with Gasteiger partial charge in [-0.2, -0.15) is 0 Å². The van der Waals surface area contributed by atoms with Gasteiger partial charge in [-0.3, -0.25) is 4.98 Å². The number of rotatable bonds is 10. The average molecular weight is 444 g/mol. The van der Waals surface area contributed by atoms with Gasteiger partial charge in [0.2, 0.25) is 0 Å². The van der Waals surface area contributed by atoms with Gasteiger partial charge in [0, 0.05) is 61.5 Å². The Bertz CT molecular complexity index is 852. The number of halogens is 1. The van der Waals surface area contributed by atoms with Crippen LogP contribution in [0.3, 0.4) is 0 Å². The Morgan fingerprint density at radius 1 is 1.06 bits per heavy atom. The highest BCUT2D eigenvalue weighted by molar-refractivity contribution is 6.33. The van der Waals surface area contributed by atoms with E-state index in [1.807, 2.05) is 12.4 Å². The second-order valence-electron chi connectivity index (χ2n) is 9.05. The van der Waals surface area contributed by atoms with Crippen molar-refractivity contribution >= 4 is 23.1 Å². The summed E-state index contributed by atoms with van der Waals surface area (Å²) in [6.07, 6.45) is 12.7. The van der Waals surface area contributed by atoms with Crippen LogP contribution in [-0.4, -0.2) is 48.4 Å². The number of hydrogen-bond acceptors (Lipinski definition) is 6. The van der Waals surface area contributed by atoms with Crippen molar-refractivity contribution < 1.29 is 4.74 Å². The van der Waals surface area contributed by atoms with Gasteiger partial charge in [0.1, 0.15) is 5.82 Å². The van der Waals surface area contributed by atoms with Gasteiger partial charge in [0.15, 0.2) is 0 Å². The SMILES string of the molecule is COC[C@H](C)NC1CCC(Nc2cc(-c3cncc(NCC4CC4)c3)c(Cl)cn2)CC1. The number of aromatic nitrogens is 2. The maximum Gasteiger partial charge on any atom is 0.126 e. The Labute approximate surface area is 190 Å². The number of anilines is 2. The molecule has 168 valence electrons. The molecular formula is C24H34ClN5O. The van der Waals surface area contributed by atoms with Gasteiger partial charge in [0.25, 0.3) is 0 Å². The van der Waals surface area contributed by atoms with E-state index in [0.717, 1.165) is 67.4 Å². The van der Waals surface area contributed by atoms with E-state index in [-0.39, 0.29) is 0 Å². The van der Waals surface area contributed by atoms with Crippen LogP contribution >= 0.6 is 11.6 Å². The Morgan fingerprint density at radius 2 is 1.84 bits per heavy atom. The van der Waals surface area contributed by atoms with Gasteiger partial charge >= 0.3 is 0 Å². The molecule has 0 spiro atoms. The van der Waals surface area contributed by atoms with E-state index in [2.05, 4.69) is 45.0 Å². The van der Waals surface area contributed by atoms with Gasteiger partial charge in [-0.05, 0) is 63.5 Å². The highest BCUT2D eigenvalue weighted by Gasteiger charge is 2.23. The van der Waals surface area contributed by atoms with Crippen LogP contribution in [0.2, 0.25) is 5.02 Å². The van der Waals surface area contributed by atoms with Gasteiger partial charge in [0.05, 0.1) is 17.3 Å². The zero-order chi connectivity index (χ0) is 21.6. The van der Waals surface area contributed by atoms with Crippen LogP contribution in [0.15, 0.2) is 30.7 Å². The number of nitrogens with one attached hydrogen (secondary N) is 3. The van der Waals surface area contributed by atoms with Gasteiger partial charge < -0.3 is 20.7 Å². The second kappa shape index (κ2) is 10.6. The standard InChI is InChI=1S/C24H34ClN5O/c1-16(15-31-2)29-19-5-7-20(8-6-19)30-24-10-22(23(25)14-28-24)18-9-21(13-26-12-18)27-11-17-3-4-17/h9-10,12-14,16-17,19-20,27,29H,3-8,11,15H2,1-2H3,(H,28,30)/t16-,19?,20?/m0/s1. The molecule has 0 saturated heterocycles. The number of nitrogens with zero attached hydrogens (tertiary/aromatic N) is 2. The van der Waals surface area contributed by atoms with E-state index in [9.17, 15) is 0 Å². The first-order valence-corrected chi connectivity index (χ1v) is 11.8. The molecule has 6 nitrogen and oxygen atoms in total. The van der Waals surface area contributed by atoms with Crippen LogP contribution < -0.4 is 16.0 Å². The summed E-state index contributed by atoms with van der Waals surface area (Å²) in [6, 6.07) is 5.56. The maximum atomic E-state index is 6.50. The zero-order valence-electron chi connectivity index (χ0n) is 18.5. The summed E-state index contributed by atoms with van der Waals surface area (Å²) >= 11 is 6.50. The Balaban J connectivity index is 1.35. The predicted octanol–water partition coefficient (Wildman–Crippen LogP) is 4.97. The highest BCUT2D eigenvalue weighted by atomic mass is 35.5. The normalized spacial score (nSPS) is 22.2. The summed E-state index contributed by atoms with van der Waals surface area (Å²) in [5.41, 5.74) is 3.02. The Kier molecular flexibility index (Phi) is 7.64. The summed E-state index contributed by atoms with van der Waals surface area (Å²) in [5, 5.41) is 11.4. The van der Waals surface area contributed by atoms with Crippen molar-refractivity contribution in [1.29, 1.82) is 0 Å². The fourth-order valence-electron chi connectivity index (χ4n) is 4.32. The van der Waals surface area contributed by atoms with Crippen molar-refractivity contribution in [3.63, 3.8) is 0 Å². The van der Waals surface area contributed by atoms with E-state index in [1.165, 1.54) is 12.8 Å². The quantitative estimate of drug-likeness (QED) is 0.481. The minimum absolute atomic E-state index is 0.392. The third-order valence-corrected chi connectivity index (χ3v) is 6.51. The molecule has 7 heteroatoms. The molecule has 4 rings (SSSR count). The Hall–Kier alpha value is -1.89. The lowest BCUT2D eigenvalue weighted by Gasteiger charge is -2.32. The topological polar surface area (TPSA) is 71.1 Å². The minimum Gasteiger partial charge on any atom is -0.384 e. The maximum absolute atomic E-state index is 6.50.